The summed E-state index contributed by atoms with van der Waals surface area (Å²) in [6, 6.07) is 0. The summed E-state index contributed by atoms with van der Waals surface area (Å²) in [7, 11) is 1.67. The molecule has 2 N–H and O–H groups in total. The lowest BCUT2D eigenvalue weighted by molar-refractivity contribution is -0.121. The van der Waals surface area contributed by atoms with Crippen molar-refractivity contribution in [1.29, 1.82) is 0 Å². The normalized spacial score (nSPS) is 32.5. The molecule has 0 saturated heterocycles. The van der Waals surface area contributed by atoms with E-state index in [0.717, 1.165) is 19.3 Å². The van der Waals surface area contributed by atoms with E-state index in [1.165, 1.54) is 0 Å². The van der Waals surface area contributed by atoms with Gasteiger partial charge in [0, 0.05) is 13.0 Å². The number of methoxy groups -OCH3 is 1. The standard InChI is InChI=1S/C7H13NO2/c1-10-6-3-2-5(4-6)7(8)9/h5-6H,2-4H2,1H3,(H2,8,9)/t5-,6+/m0/s1. The van der Waals surface area contributed by atoms with Gasteiger partial charge in [0.25, 0.3) is 0 Å². The first kappa shape index (κ1) is 7.54. The lowest BCUT2D eigenvalue weighted by atomic mass is 10.1. The van der Waals surface area contributed by atoms with Gasteiger partial charge in [0.05, 0.1) is 6.10 Å². The Bertz CT molecular complexity index is 136. The molecule has 0 spiro atoms. The molecule has 0 aromatic carbocycles. The Morgan fingerprint density at radius 3 is 2.60 bits per heavy atom. The molecule has 0 heterocycles. The number of hydrogen-bond acceptors (Lipinski definition) is 2. The first-order chi connectivity index (χ1) is 4.74. The molecule has 1 aliphatic carbocycles. The number of carbonyl (C=O) groups excluding carboxylic acids is 1. The average molecular weight is 143 g/mol. The average Bonchev–Trinajstić information content (AvgIpc) is 2.34. The smallest absolute Gasteiger partial charge is 0.220 e. The van der Waals surface area contributed by atoms with Crippen LogP contribution in [0.3, 0.4) is 0 Å². The molecule has 1 aliphatic rings. The maximum atomic E-state index is 10.6. The summed E-state index contributed by atoms with van der Waals surface area (Å²) in [5.74, 6) is -0.121. The molecule has 3 heteroatoms. The molecule has 1 saturated carbocycles. The van der Waals surface area contributed by atoms with Crippen molar-refractivity contribution in [3.63, 3.8) is 0 Å². The second kappa shape index (κ2) is 3.01. The number of amides is 1. The van der Waals surface area contributed by atoms with E-state index in [0.29, 0.717) is 0 Å². The van der Waals surface area contributed by atoms with Crippen molar-refractivity contribution in [2.75, 3.05) is 7.11 Å². The van der Waals surface area contributed by atoms with E-state index in [4.69, 9.17) is 10.5 Å². The SMILES string of the molecule is CO[C@@H]1CC[C@H](C(N)=O)C1. The first-order valence-electron chi connectivity index (χ1n) is 3.56. The van der Waals surface area contributed by atoms with E-state index in [1.54, 1.807) is 7.11 Å². The minimum Gasteiger partial charge on any atom is -0.381 e. The molecule has 0 unspecified atom stereocenters. The Morgan fingerprint density at radius 2 is 2.30 bits per heavy atom. The van der Waals surface area contributed by atoms with Crippen LogP contribution in [-0.2, 0) is 9.53 Å². The van der Waals surface area contributed by atoms with Crippen LogP contribution in [0, 0.1) is 5.92 Å². The summed E-state index contributed by atoms with van der Waals surface area (Å²) < 4.78 is 5.08. The van der Waals surface area contributed by atoms with Crippen LogP contribution in [0.4, 0.5) is 0 Å². The van der Waals surface area contributed by atoms with Gasteiger partial charge in [-0.2, -0.15) is 0 Å². The summed E-state index contributed by atoms with van der Waals surface area (Å²) in [4.78, 5) is 10.6. The van der Waals surface area contributed by atoms with Gasteiger partial charge in [0.1, 0.15) is 0 Å². The quantitative estimate of drug-likeness (QED) is 0.604. The van der Waals surface area contributed by atoms with Crippen LogP contribution < -0.4 is 5.73 Å². The number of rotatable bonds is 2. The largest absolute Gasteiger partial charge is 0.381 e. The molecule has 1 fully saturated rings. The zero-order valence-corrected chi connectivity index (χ0v) is 6.17. The number of carbonyl (C=O) groups is 1. The van der Waals surface area contributed by atoms with Gasteiger partial charge < -0.3 is 10.5 Å². The maximum absolute atomic E-state index is 10.6. The third-order valence-corrected chi connectivity index (χ3v) is 2.12. The molecular weight excluding hydrogens is 130 g/mol. The summed E-state index contributed by atoms with van der Waals surface area (Å²) in [5, 5.41) is 0. The fourth-order valence-corrected chi connectivity index (χ4v) is 1.41. The molecule has 1 amide bonds. The Morgan fingerprint density at radius 1 is 1.60 bits per heavy atom. The van der Waals surface area contributed by atoms with Crippen LogP contribution in [0.5, 0.6) is 0 Å². The van der Waals surface area contributed by atoms with E-state index in [1.807, 2.05) is 0 Å². The van der Waals surface area contributed by atoms with E-state index in [-0.39, 0.29) is 17.9 Å². The fourth-order valence-electron chi connectivity index (χ4n) is 1.41. The van der Waals surface area contributed by atoms with Gasteiger partial charge in [0.2, 0.25) is 5.91 Å². The predicted molar refractivity (Wildman–Crippen MR) is 37.3 cm³/mol. The van der Waals surface area contributed by atoms with Crippen molar-refractivity contribution >= 4 is 5.91 Å². The highest BCUT2D eigenvalue weighted by atomic mass is 16.5. The molecule has 0 radical (unpaired) electrons. The molecule has 0 aliphatic heterocycles. The van der Waals surface area contributed by atoms with E-state index < -0.39 is 0 Å². The van der Waals surface area contributed by atoms with Crippen LogP contribution >= 0.6 is 0 Å². The summed E-state index contributed by atoms with van der Waals surface area (Å²) in [6.45, 7) is 0. The summed E-state index contributed by atoms with van der Waals surface area (Å²) in [5.41, 5.74) is 5.12. The molecule has 0 bridgehead atoms. The highest BCUT2D eigenvalue weighted by molar-refractivity contribution is 5.76. The first-order valence-corrected chi connectivity index (χ1v) is 3.56. The van der Waals surface area contributed by atoms with Crippen molar-refractivity contribution < 1.29 is 9.53 Å². The molecule has 10 heavy (non-hydrogen) atoms. The van der Waals surface area contributed by atoms with E-state index >= 15 is 0 Å². The second-order valence-electron chi connectivity index (χ2n) is 2.77. The molecule has 2 atom stereocenters. The Hall–Kier alpha value is -0.570. The molecule has 58 valence electrons. The Kier molecular flexibility index (Phi) is 2.27. The van der Waals surface area contributed by atoms with Crippen molar-refractivity contribution in [3.05, 3.63) is 0 Å². The van der Waals surface area contributed by atoms with Crippen LogP contribution in [-0.4, -0.2) is 19.1 Å². The highest BCUT2D eigenvalue weighted by Gasteiger charge is 2.27. The number of nitrogens with two attached hydrogens (primary N) is 1. The Labute approximate surface area is 60.5 Å². The zero-order chi connectivity index (χ0) is 7.56. The Balaban J connectivity index is 2.35. The van der Waals surface area contributed by atoms with Gasteiger partial charge in [0.15, 0.2) is 0 Å². The minimum atomic E-state index is -0.181. The van der Waals surface area contributed by atoms with Crippen LogP contribution in [0.2, 0.25) is 0 Å². The fraction of sp³-hybridized carbons (Fsp3) is 0.857. The van der Waals surface area contributed by atoms with Crippen LogP contribution in [0.1, 0.15) is 19.3 Å². The van der Waals surface area contributed by atoms with E-state index in [2.05, 4.69) is 0 Å². The third-order valence-electron chi connectivity index (χ3n) is 2.12. The third kappa shape index (κ3) is 1.48. The lowest BCUT2D eigenvalue weighted by Gasteiger charge is -2.05. The van der Waals surface area contributed by atoms with Gasteiger partial charge in [-0.25, -0.2) is 0 Å². The lowest BCUT2D eigenvalue weighted by Crippen LogP contribution is -2.21. The number of hydrogen-bond donors (Lipinski definition) is 1. The van der Waals surface area contributed by atoms with Crippen molar-refractivity contribution in [1.82, 2.24) is 0 Å². The van der Waals surface area contributed by atoms with Crippen LogP contribution in [0.15, 0.2) is 0 Å². The monoisotopic (exact) mass is 143 g/mol. The van der Waals surface area contributed by atoms with Gasteiger partial charge in [-0.3, -0.25) is 4.79 Å². The minimum absolute atomic E-state index is 0.0601. The molecule has 1 rings (SSSR count). The predicted octanol–water partition coefficient (Wildman–Crippen LogP) is 0.287. The number of ether oxygens (including phenoxy) is 1. The van der Waals surface area contributed by atoms with Crippen LogP contribution in [0.25, 0.3) is 0 Å². The molecule has 0 aromatic rings. The number of primary amides is 1. The maximum Gasteiger partial charge on any atom is 0.220 e. The molecular formula is C7H13NO2. The molecule has 3 nitrogen and oxygen atoms in total. The van der Waals surface area contributed by atoms with Crippen molar-refractivity contribution in [3.8, 4) is 0 Å². The van der Waals surface area contributed by atoms with Gasteiger partial charge in [-0.15, -0.1) is 0 Å². The van der Waals surface area contributed by atoms with Gasteiger partial charge >= 0.3 is 0 Å². The summed E-state index contributed by atoms with van der Waals surface area (Å²) >= 11 is 0. The summed E-state index contributed by atoms with van der Waals surface area (Å²) in [6.07, 6.45) is 2.95. The zero-order valence-electron chi connectivity index (χ0n) is 6.17. The van der Waals surface area contributed by atoms with Crippen molar-refractivity contribution in [2.45, 2.75) is 25.4 Å². The van der Waals surface area contributed by atoms with E-state index in [9.17, 15) is 4.79 Å². The molecule has 0 aromatic heterocycles. The topological polar surface area (TPSA) is 52.3 Å². The highest BCUT2D eigenvalue weighted by Crippen LogP contribution is 2.26. The second-order valence-corrected chi connectivity index (χ2v) is 2.77. The van der Waals surface area contributed by atoms with Gasteiger partial charge in [-0.05, 0) is 19.3 Å². The van der Waals surface area contributed by atoms with Gasteiger partial charge in [-0.1, -0.05) is 0 Å². The van der Waals surface area contributed by atoms with Crippen molar-refractivity contribution in [2.24, 2.45) is 11.7 Å².